The van der Waals surface area contributed by atoms with Gasteiger partial charge in [0, 0.05) is 0 Å². The molecule has 1 aliphatic heterocycles. The van der Waals surface area contributed by atoms with Crippen LogP contribution in [0.25, 0.3) is 0 Å². The normalized spacial score (nSPS) is 23.9. The summed E-state index contributed by atoms with van der Waals surface area (Å²) in [7, 11) is 6.13. The SMILES string of the molecule is CC1=NSCC1(Cl)C(=O)OCC[N+](C)(C)C.[Cl-]. The zero-order valence-electron chi connectivity index (χ0n) is 10.5. The molecule has 0 saturated carbocycles. The molecule has 0 N–H and O–H groups in total. The molecule has 0 radical (unpaired) electrons. The maximum absolute atomic E-state index is 11.8. The van der Waals surface area contributed by atoms with Crippen LogP contribution in [0.15, 0.2) is 4.40 Å². The van der Waals surface area contributed by atoms with Crippen LogP contribution < -0.4 is 12.4 Å². The van der Waals surface area contributed by atoms with Gasteiger partial charge in [-0.05, 0) is 18.9 Å². The molecule has 0 amide bonds. The number of halogens is 2. The summed E-state index contributed by atoms with van der Waals surface area (Å²) in [5.74, 6) is 0.0812. The lowest BCUT2D eigenvalue weighted by atomic mass is 10.1. The lowest BCUT2D eigenvalue weighted by Crippen LogP contribution is -3.00. The molecule has 0 aromatic carbocycles. The molecule has 0 aliphatic carbocycles. The maximum Gasteiger partial charge on any atom is 0.334 e. The Kier molecular flexibility index (Phi) is 6.28. The Bertz CT molecular complexity index is 318. The molecule has 4 nitrogen and oxygen atoms in total. The number of esters is 1. The number of carbonyl (C=O) groups excluding carboxylic acids is 1. The molecule has 17 heavy (non-hydrogen) atoms. The van der Waals surface area contributed by atoms with Crippen LogP contribution in [0.3, 0.4) is 0 Å². The van der Waals surface area contributed by atoms with Gasteiger partial charge in [-0.15, -0.1) is 0 Å². The van der Waals surface area contributed by atoms with Crippen LogP contribution in [0.1, 0.15) is 6.92 Å². The van der Waals surface area contributed by atoms with Crippen molar-refractivity contribution in [2.45, 2.75) is 11.8 Å². The van der Waals surface area contributed by atoms with E-state index in [-0.39, 0.29) is 18.4 Å². The summed E-state index contributed by atoms with van der Waals surface area (Å²) in [5.41, 5.74) is 0.634. The van der Waals surface area contributed by atoms with Gasteiger partial charge in [-0.2, -0.15) is 0 Å². The highest BCUT2D eigenvalue weighted by atomic mass is 35.5. The standard InChI is InChI=1S/C10H18ClN2O2S.ClH/c1-8-10(11,7-16-12-8)9(14)15-6-5-13(2,3)4;/h5-7H2,1-4H3;1H/q+1;/p-1. The minimum atomic E-state index is -1.05. The van der Waals surface area contributed by atoms with Gasteiger partial charge in [0.05, 0.1) is 32.6 Å². The molecule has 1 rings (SSSR count). The van der Waals surface area contributed by atoms with Gasteiger partial charge in [-0.3, -0.25) is 0 Å². The van der Waals surface area contributed by atoms with Gasteiger partial charge < -0.3 is 21.6 Å². The van der Waals surface area contributed by atoms with Crippen LogP contribution in [-0.2, 0) is 9.53 Å². The predicted octanol–water partition coefficient (Wildman–Crippen LogP) is -1.66. The van der Waals surface area contributed by atoms with Crippen LogP contribution >= 0.6 is 23.5 Å². The molecule has 100 valence electrons. The van der Waals surface area contributed by atoms with Crippen LogP contribution in [-0.4, -0.2) is 61.1 Å². The lowest BCUT2D eigenvalue weighted by Gasteiger charge is -2.25. The van der Waals surface area contributed by atoms with E-state index in [1.165, 1.54) is 11.9 Å². The number of likely N-dealkylation sites (N-methyl/N-ethyl adjacent to an activating group) is 1. The van der Waals surface area contributed by atoms with Crippen LogP contribution in [0.2, 0.25) is 0 Å². The Morgan fingerprint density at radius 1 is 1.59 bits per heavy atom. The summed E-state index contributed by atoms with van der Waals surface area (Å²) in [6, 6.07) is 0. The quantitative estimate of drug-likeness (QED) is 0.270. The van der Waals surface area contributed by atoms with E-state index in [1.54, 1.807) is 6.92 Å². The number of hydrogen-bond donors (Lipinski definition) is 0. The van der Waals surface area contributed by atoms with Gasteiger partial charge in [-0.25, -0.2) is 9.19 Å². The number of carbonyl (C=O) groups is 1. The van der Waals surface area contributed by atoms with Gasteiger partial charge in [0.1, 0.15) is 13.2 Å². The molecule has 0 bridgehead atoms. The van der Waals surface area contributed by atoms with E-state index in [0.717, 1.165) is 11.0 Å². The highest BCUT2D eigenvalue weighted by Gasteiger charge is 2.44. The molecule has 1 aliphatic rings. The third kappa shape index (κ3) is 4.66. The summed E-state index contributed by atoms with van der Waals surface area (Å²) in [4.78, 5) is 10.8. The molecular weight excluding hydrogens is 283 g/mol. The molecule has 0 aromatic rings. The fourth-order valence-corrected chi connectivity index (χ4v) is 2.34. The molecule has 7 heteroatoms. The van der Waals surface area contributed by atoms with Crippen molar-refractivity contribution in [2.75, 3.05) is 40.0 Å². The highest BCUT2D eigenvalue weighted by Crippen LogP contribution is 2.32. The third-order valence-corrected chi connectivity index (χ3v) is 4.04. The largest absolute Gasteiger partial charge is 1.00 e. The number of quaternary nitrogens is 1. The summed E-state index contributed by atoms with van der Waals surface area (Å²) in [5, 5.41) is 0. The van der Waals surface area contributed by atoms with E-state index in [4.69, 9.17) is 16.3 Å². The second-order valence-electron chi connectivity index (χ2n) is 4.90. The Labute approximate surface area is 118 Å². The van der Waals surface area contributed by atoms with E-state index >= 15 is 0 Å². The number of hydrogen-bond acceptors (Lipinski definition) is 4. The zero-order chi connectivity index (χ0) is 12.4. The van der Waals surface area contributed by atoms with Gasteiger partial charge in [0.2, 0.25) is 0 Å². The first kappa shape index (κ1) is 17.0. The summed E-state index contributed by atoms with van der Waals surface area (Å²) < 4.78 is 10.0. The first-order valence-electron chi connectivity index (χ1n) is 5.09. The van der Waals surface area contributed by atoms with Gasteiger partial charge in [-0.1, -0.05) is 11.6 Å². The topological polar surface area (TPSA) is 38.7 Å². The number of alkyl halides is 1. The number of nitrogens with zero attached hydrogens (tertiary/aromatic N) is 2. The Balaban J connectivity index is 0.00000256. The molecular formula is C10H18Cl2N2O2S. The first-order chi connectivity index (χ1) is 7.26. The molecule has 0 fully saturated rings. The number of rotatable bonds is 4. The van der Waals surface area contributed by atoms with E-state index < -0.39 is 4.87 Å². The second kappa shape index (κ2) is 6.27. The average molecular weight is 301 g/mol. The number of ether oxygens (including phenoxy) is 1. The molecule has 1 atom stereocenters. The Hall–Kier alpha value is 0.0300. The predicted molar refractivity (Wildman–Crippen MR) is 68.0 cm³/mol. The van der Waals surface area contributed by atoms with E-state index in [0.29, 0.717) is 18.1 Å². The second-order valence-corrected chi connectivity index (χ2v) is 6.28. The lowest BCUT2D eigenvalue weighted by molar-refractivity contribution is -0.870. The van der Waals surface area contributed by atoms with Gasteiger partial charge >= 0.3 is 5.97 Å². The van der Waals surface area contributed by atoms with Crippen LogP contribution in [0.4, 0.5) is 0 Å². The van der Waals surface area contributed by atoms with E-state index in [2.05, 4.69) is 4.40 Å². The monoisotopic (exact) mass is 300 g/mol. The van der Waals surface area contributed by atoms with Crippen molar-refractivity contribution < 1.29 is 26.4 Å². The van der Waals surface area contributed by atoms with Crippen LogP contribution in [0.5, 0.6) is 0 Å². The molecule has 1 heterocycles. The Morgan fingerprint density at radius 2 is 2.18 bits per heavy atom. The molecule has 0 saturated heterocycles. The summed E-state index contributed by atoms with van der Waals surface area (Å²) in [6.07, 6.45) is 0. The van der Waals surface area contributed by atoms with Crippen molar-refractivity contribution >= 4 is 35.2 Å². The first-order valence-corrected chi connectivity index (χ1v) is 6.41. The minimum absolute atomic E-state index is 0. The fourth-order valence-electron chi connectivity index (χ4n) is 1.13. The van der Waals surface area contributed by atoms with E-state index in [1.807, 2.05) is 21.1 Å². The maximum atomic E-state index is 11.8. The zero-order valence-corrected chi connectivity index (χ0v) is 12.8. The minimum Gasteiger partial charge on any atom is -1.00 e. The van der Waals surface area contributed by atoms with E-state index in [9.17, 15) is 4.79 Å². The smallest absolute Gasteiger partial charge is 0.334 e. The summed E-state index contributed by atoms with van der Waals surface area (Å²) >= 11 is 7.50. The van der Waals surface area contributed by atoms with Crippen molar-refractivity contribution in [3.05, 3.63) is 0 Å². The average Bonchev–Trinajstić information content (AvgIpc) is 2.46. The third-order valence-electron chi connectivity index (χ3n) is 2.36. The molecule has 1 unspecified atom stereocenters. The Morgan fingerprint density at radius 3 is 2.59 bits per heavy atom. The van der Waals surface area contributed by atoms with Crippen LogP contribution in [0, 0.1) is 0 Å². The van der Waals surface area contributed by atoms with Crippen molar-refractivity contribution in [2.24, 2.45) is 4.40 Å². The fraction of sp³-hybridized carbons (Fsp3) is 0.800. The van der Waals surface area contributed by atoms with Crippen molar-refractivity contribution in [3.8, 4) is 0 Å². The van der Waals surface area contributed by atoms with Crippen molar-refractivity contribution in [1.29, 1.82) is 0 Å². The van der Waals surface area contributed by atoms with Gasteiger partial charge in [0.15, 0.2) is 4.87 Å². The van der Waals surface area contributed by atoms with Crippen molar-refractivity contribution in [1.82, 2.24) is 0 Å². The summed E-state index contributed by atoms with van der Waals surface area (Å²) in [6.45, 7) is 2.91. The van der Waals surface area contributed by atoms with Gasteiger partial charge in [0.25, 0.3) is 0 Å². The molecule has 0 spiro atoms. The molecule has 0 aromatic heterocycles. The highest BCUT2D eigenvalue weighted by molar-refractivity contribution is 7.98. The van der Waals surface area contributed by atoms with Crippen molar-refractivity contribution in [3.63, 3.8) is 0 Å².